The van der Waals surface area contributed by atoms with Crippen LogP contribution < -0.4 is 11.2 Å². The van der Waals surface area contributed by atoms with Crippen molar-refractivity contribution in [1.29, 1.82) is 5.41 Å². The second kappa shape index (κ2) is 5.12. The van der Waals surface area contributed by atoms with Crippen LogP contribution in [-0.2, 0) is 4.65 Å². The lowest BCUT2D eigenvalue weighted by Crippen LogP contribution is -2.49. The lowest BCUT2D eigenvalue weighted by molar-refractivity contribution is -0.0893. The summed E-state index contributed by atoms with van der Waals surface area (Å²) in [5, 5.41) is 17.1. The largest absolute Gasteiger partial charge is 0.427 e. The van der Waals surface area contributed by atoms with E-state index in [0.717, 1.165) is 5.46 Å². The van der Waals surface area contributed by atoms with Crippen LogP contribution in [0.4, 0.5) is 5.69 Å². The SMILES string of the molecule is CC(C)(O)C(C)(C)O[B]c1ccc(C=N)c(N)c1. The van der Waals surface area contributed by atoms with Crippen LogP contribution in [0.5, 0.6) is 0 Å². The lowest BCUT2D eigenvalue weighted by atomic mass is 9.82. The fraction of sp³-hybridized carbons (Fsp3) is 0.462. The summed E-state index contributed by atoms with van der Waals surface area (Å²) >= 11 is 0. The average Bonchev–Trinajstić information content (AvgIpc) is 2.25. The van der Waals surface area contributed by atoms with Gasteiger partial charge in [0, 0.05) is 17.5 Å². The van der Waals surface area contributed by atoms with E-state index in [9.17, 15) is 5.11 Å². The molecule has 5 heteroatoms. The number of aliphatic hydroxyl groups is 1. The molecule has 0 aliphatic heterocycles. The monoisotopic (exact) mass is 247 g/mol. The summed E-state index contributed by atoms with van der Waals surface area (Å²) in [7, 11) is 1.57. The van der Waals surface area contributed by atoms with Gasteiger partial charge in [-0.15, -0.1) is 0 Å². The molecule has 0 atom stereocenters. The van der Waals surface area contributed by atoms with Gasteiger partial charge in [-0.2, -0.15) is 0 Å². The van der Waals surface area contributed by atoms with Crippen molar-refractivity contribution in [1.82, 2.24) is 0 Å². The number of rotatable bonds is 5. The van der Waals surface area contributed by atoms with Gasteiger partial charge in [-0.3, -0.25) is 0 Å². The molecular formula is C13H20BN2O2. The molecule has 1 aromatic carbocycles. The Kier molecular flexibility index (Phi) is 4.19. The number of anilines is 1. The molecule has 0 aromatic heterocycles. The molecule has 0 saturated carbocycles. The zero-order valence-corrected chi connectivity index (χ0v) is 11.3. The fourth-order valence-corrected chi connectivity index (χ4v) is 1.16. The van der Waals surface area contributed by atoms with Gasteiger partial charge in [-0.05, 0) is 33.8 Å². The molecule has 0 saturated heterocycles. The van der Waals surface area contributed by atoms with Gasteiger partial charge in [0.05, 0.1) is 11.2 Å². The maximum Gasteiger partial charge on any atom is 0.330 e. The molecule has 97 valence electrons. The van der Waals surface area contributed by atoms with Crippen molar-refractivity contribution in [3.8, 4) is 0 Å². The molecular weight excluding hydrogens is 227 g/mol. The third-order valence-corrected chi connectivity index (χ3v) is 3.23. The highest BCUT2D eigenvalue weighted by Gasteiger charge is 2.35. The topological polar surface area (TPSA) is 79.3 Å². The summed E-state index contributed by atoms with van der Waals surface area (Å²) in [6, 6.07) is 5.31. The van der Waals surface area contributed by atoms with E-state index in [0.29, 0.717) is 11.3 Å². The Labute approximate surface area is 109 Å². The van der Waals surface area contributed by atoms with E-state index >= 15 is 0 Å². The molecule has 1 radical (unpaired) electrons. The van der Waals surface area contributed by atoms with Crippen molar-refractivity contribution >= 4 is 24.8 Å². The molecule has 0 amide bonds. The van der Waals surface area contributed by atoms with Crippen LogP contribution in [0.1, 0.15) is 33.3 Å². The summed E-state index contributed by atoms with van der Waals surface area (Å²) in [6.07, 6.45) is 1.21. The van der Waals surface area contributed by atoms with Gasteiger partial charge < -0.3 is 20.9 Å². The van der Waals surface area contributed by atoms with Gasteiger partial charge in [0.15, 0.2) is 0 Å². The predicted octanol–water partition coefficient (Wildman–Crippen LogP) is 1.08. The Balaban J connectivity index is 2.76. The van der Waals surface area contributed by atoms with E-state index in [1.165, 1.54) is 6.21 Å². The van der Waals surface area contributed by atoms with Crippen molar-refractivity contribution in [2.24, 2.45) is 0 Å². The minimum Gasteiger partial charge on any atom is -0.427 e. The summed E-state index contributed by atoms with van der Waals surface area (Å²) in [5.74, 6) is 0. The molecule has 0 fully saturated rings. The van der Waals surface area contributed by atoms with E-state index in [1.807, 2.05) is 19.9 Å². The smallest absolute Gasteiger partial charge is 0.330 e. The van der Waals surface area contributed by atoms with Crippen LogP contribution in [0.3, 0.4) is 0 Å². The Morgan fingerprint density at radius 1 is 1.33 bits per heavy atom. The van der Waals surface area contributed by atoms with Gasteiger partial charge in [-0.1, -0.05) is 17.6 Å². The first kappa shape index (κ1) is 14.7. The van der Waals surface area contributed by atoms with Gasteiger partial charge in [0.1, 0.15) is 0 Å². The molecule has 0 unspecified atom stereocenters. The van der Waals surface area contributed by atoms with Crippen LogP contribution in [0, 0.1) is 5.41 Å². The third-order valence-electron chi connectivity index (χ3n) is 3.23. The first-order valence-corrected chi connectivity index (χ1v) is 5.81. The molecule has 0 spiro atoms. The van der Waals surface area contributed by atoms with Crippen molar-refractivity contribution in [3.05, 3.63) is 23.8 Å². The predicted molar refractivity (Wildman–Crippen MR) is 75.6 cm³/mol. The van der Waals surface area contributed by atoms with E-state index in [4.69, 9.17) is 15.8 Å². The number of hydrogen-bond donors (Lipinski definition) is 3. The van der Waals surface area contributed by atoms with Crippen LogP contribution in [0.25, 0.3) is 0 Å². The molecule has 1 rings (SSSR count). The van der Waals surface area contributed by atoms with Gasteiger partial charge in [0.25, 0.3) is 0 Å². The van der Waals surface area contributed by atoms with Gasteiger partial charge >= 0.3 is 7.48 Å². The molecule has 1 aromatic rings. The zero-order chi connectivity index (χ0) is 14.0. The zero-order valence-electron chi connectivity index (χ0n) is 11.3. The maximum absolute atomic E-state index is 9.96. The maximum atomic E-state index is 9.96. The Bertz CT molecular complexity index is 439. The first-order chi connectivity index (χ1) is 8.17. The fourth-order valence-electron chi connectivity index (χ4n) is 1.16. The number of hydrogen-bond acceptors (Lipinski definition) is 4. The summed E-state index contributed by atoms with van der Waals surface area (Å²) < 4.78 is 5.62. The van der Waals surface area contributed by atoms with Crippen LogP contribution in [0.15, 0.2) is 18.2 Å². The minimum atomic E-state index is -0.954. The minimum absolute atomic E-state index is 0.531. The molecule has 18 heavy (non-hydrogen) atoms. The van der Waals surface area contributed by atoms with Crippen molar-refractivity contribution in [2.45, 2.75) is 38.9 Å². The number of benzene rings is 1. The quantitative estimate of drug-likeness (QED) is 0.413. The third kappa shape index (κ3) is 3.34. The molecule has 0 heterocycles. The average molecular weight is 247 g/mol. The standard InChI is InChI=1S/C13H20BN2O2/c1-12(2,17)13(3,4)18-14-10-6-5-9(8-15)11(16)7-10/h5-8,15,17H,16H2,1-4H3. The van der Waals surface area contributed by atoms with Crippen LogP contribution in [-0.4, -0.2) is 30.0 Å². The molecule has 0 bridgehead atoms. The molecule has 0 aliphatic carbocycles. The van der Waals surface area contributed by atoms with E-state index in [1.54, 1.807) is 33.5 Å². The molecule has 4 nitrogen and oxygen atoms in total. The lowest BCUT2D eigenvalue weighted by Gasteiger charge is -2.37. The van der Waals surface area contributed by atoms with Crippen LogP contribution >= 0.6 is 0 Å². The van der Waals surface area contributed by atoms with Crippen molar-refractivity contribution in [3.63, 3.8) is 0 Å². The summed E-state index contributed by atoms with van der Waals surface area (Å²) in [4.78, 5) is 0. The van der Waals surface area contributed by atoms with E-state index < -0.39 is 11.2 Å². The Hall–Kier alpha value is -1.33. The second-order valence-corrected chi connectivity index (χ2v) is 5.34. The highest BCUT2D eigenvalue weighted by Crippen LogP contribution is 2.24. The molecule has 0 aliphatic rings. The van der Waals surface area contributed by atoms with Crippen molar-refractivity contribution in [2.75, 3.05) is 5.73 Å². The Morgan fingerprint density at radius 2 is 1.94 bits per heavy atom. The highest BCUT2D eigenvalue weighted by molar-refractivity contribution is 6.47. The van der Waals surface area contributed by atoms with E-state index in [-0.39, 0.29) is 0 Å². The number of nitrogens with one attached hydrogen (secondary N) is 1. The second-order valence-electron chi connectivity index (χ2n) is 5.34. The summed E-state index contributed by atoms with van der Waals surface area (Å²) in [6.45, 7) is 7.04. The first-order valence-electron chi connectivity index (χ1n) is 5.81. The highest BCUT2D eigenvalue weighted by atomic mass is 16.5. The number of nitrogen functional groups attached to an aromatic ring is 1. The Morgan fingerprint density at radius 3 is 2.39 bits per heavy atom. The van der Waals surface area contributed by atoms with Crippen LogP contribution in [0.2, 0.25) is 0 Å². The van der Waals surface area contributed by atoms with Crippen molar-refractivity contribution < 1.29 is 9.76 Å². The van der Waals surface area contributed by atoms with Gasteiger partial charge in [0.2, 0.25) is 0 Å². The summed E-state index contributed by atoms with van der Waals surface area (Å²) in [5.41, 5.74) is 6.13. The van der Waals surface area contributed by atoms with Gasteiger partial charge in [-0.25, -0.2) is 0 Å². The molecule has 4 N–H and O–H groups in total. The number of nitrogens with two attached hydrogens (primary N) is 1. The van der Waals surface area contributed by atoms with E-state index in [2.05, 4.69) is 0 Å². The normalized spacial score (nSPS) is 12.3.